The van der Waals surface area contributed by atoms with Crippen LogP contribution in [-0.2, 0) is 0 Å². The minimum atomic E-state index is -0.569. The van der Waals surface area contributed by atoms with E-state index >= 15 is 0 Å². The van der Waals surface area contributed by atoms with Gasteiger partial charge in [0.05, 0.1) is 18.0 Å². The van der Waals surface area contributed by atoms with Gasteiger partial charge in [-0.2, -0.15) is 0 Å². The number of β-amino-alcohol motifs (C(OH)–C–C–N with tert-alkyl or cyclic N) is 1. The van der Waals surface area contributed by atoms with Crippen LogP contribution in [0.4, 0.5) is 11.4 Å². The maximum absolute atomic E-state index is 10.3. The SMILES string of the molecule is Cc1cccc(OCC2CCN(CC(O)COc3cccc(N)c3N)CC2)c1. The monoisotopic (exact) mass is 385 g/mol. The smallest absolute Gasteiger partial charge is 0.144 e. The molecule has 2 aromatic rings. The quantitative estimate of drug-likeness (QED) is 0.605. The van der Waals surface area contributed by atoms with Gasteiger partial charge >= 0.3 is 0 Å². The van der Waals surface area contributed by atoms with Crippen LogP contribution in [0.1, 0.15) is 18.4 Å². The van der Waals surface area contributed by atoms with Gasteiger partial charge in [-0.05, 0) is 68.6 Å². The lowest BCUT2D eigenvalue weighted by Crippen LogP contribution is -2.41. The van der Waals surface area contributed by atoms with Crippen molar-refractivity contribution < 1.29 is 14.6 Å². The molecule has 0 saturated carbocycles. The van der Waals surface area contributed by atoms with E-state index < -0.39 is 6.10 Å². The molecule has 0 aliphatic carbocycles. The van der Waals surface area contributed by atoms with Gasteiger partial charge in [0.15, 0.2) is 0 Å². The molecule has 6 heteroatoms. The Bertz CT molecular complexity index is 760. The fraction of sp³-hybridized carbons (Fsp3) is 0.455. The number of ether oxygens (including phenoxy) is 2. The molecule has 1 aliphatic heterocycles. The molecule has 1 saturated heterocycles. The van der Waals surface area contributed by atoms with Crippen molar-refractivity contribution in [2.45, 2.75) is 25.9 Å². The van der Waals surface area contributed by atoms with Crippen molar-refractivity contribution in [3.63, 3.8) is 0 Å². The summed E-state index contributed by atoms with van der Waals surface area (Å²) in [6.07, 6.45) is 1.57. The number of aryl methyl sites for hydroxylation is 1. The van der Waals surface area contributed by atoms with Gasteiger partial charge in [-0.25, -0.2) is 0 Å². The van der Waals surface area contributed by atoms with Crippen molar-refractivity contribution >= 4 is 11.4 Å². The molecular weight excluding hydrogens is 354 g/mol. The minimum Gasteiger partial charge on any atom is -0.493 e. The third-order valence-corrected chi connectivity index (χ3v) is 5.18. The van der Waals surface area contributed by atoms with Crippen LogP contribution in [0.25, 0.3) is 0 Å². The van der Waals surface area contributed by atoms with Crippen LogP contribution in [0.2, 0.25) is 0 Å². The molecule has 1 heterocycles. The lowest BCUT2D eigenvalue weighted by Gasteiger charge is -2.33. The van der Waals surface area contributed by atoms with Crippen LogP contribution in [0, 0.1) is 12.8 Å². The van der Waals surface area contributed by atoms with Crippen LogP contribution < -0.4 is 20.9 Å². The zero-order valence-corrected chi connectivity index (χ0v) is 16.5. The van der Waals surface area contributed by atoms with Crippen molar-refractivity contribution in [2.75, 3.05) is 44.3 Å². The first-order valence-electron chi connectivity index (χ1n) is 9.88. The number of benzene rings is 2. The maximum Gasteiger partial charge on any atom is 0.144 e. The van der Waals surface area contributed by atoms with E-state index in [1.165, 1.54) is 5.56 Å². The number of likely N-dealkylation sites (tertiary alicyclic amines) is 1. The van der Waals surface area contributed by atoms with Crippen LogP contribution >= 0.6 is 0 Å². The van der Waals surface area contributed by atoms with E-state index in [4.69, 9.17) is 20.9 Å². The summed E-state index contributed by atoms with van der Waals surface area (Å²) in [6.45, 7) is 5.52. The number of aliphatic hydroxyl groups excluding tert-OH is 1. The molecule has 0 amide bonds. The fourth-order valence-electron chi connectivity index (χ4n) is 3.48. The standard InChI is InChI=1S/C22H31N3O3/c1-16-4-2-5-19(12-16)27-14-17-8-10-25(11-9-17)13-18(26)15-28-21-7-3-6-20(23)22(21)24/h2-7,12,17-18,26H,8-11,13-15,23-24H2,1H3. The van der Waals surface area contributed by atoms with Crippen molar-refractivity contribution in [3.05, 3.63) is 48.0 Å². The summed E-state index contributed by atoms with van der Waals surface area (Å²) < 4.78 is 11.6. The van der Waals surface area contributed by atoms with Crippen LogP contribution in [0.5, 0.6) is 11.5 Å². The number of hydrogen-bond donors (Lipinski definition) is 3. The minimum absolute atomic E-state index is 0.198. The van der Waals surface area contributed by atoms with E-state index in [9.17, 15) is 5.11 Å². The molecule has 5 N–H and O–H groups in total. The second kappa shape index (κ2) is 9.66. The summed E-state index contributed by atoms with van der Waals surface area (Å²) in [4.78, 5) is 2.28. The predicted molar refractivity (Wildman–Crippen MR) is 113 cm³/mol. The van der Waals surface area contributed by atoms with Crippen molar-refractivity contribution in [1.29, 1.82) is 0 Å². The summed E-state index contributed by atoms with van der Waals surface area (Å²) in [7, 11) is 0. The second-order valence-corrected chi connectivity index (χ2v) is 7.60. The topological polar surface area (TPSA) is 94.0 Å². The molecule has 152 valence electrons. The Kier molecular flexibility index (Phi) is 7.01. The molecule has 0 aromatic heterocycles. The molecule has 1 aliphatic rings. The third-order valence-electron chi connectivity index (χ3n) is 5.18. The van der Waals surface area contributed by atoms with Gasteiger partial charge in [0, 0.05) is 6.54 Å². The molecule has 0 spiro atoms. The Balaban J connectivity index is 1.36. The lowest BCUT2D eigenvalue weighted by atomic mass is 9.97. The number of nitrogen functional groups attached to an aromatic ring is 2. The summed E-state index contributed by atoms with van der Waals surface area (Å²) >= 11 is 0. The number of piperidine rings is 1. The Labute approximate surface area is 167 Å². The Morgan fingerprint density at radius 3 is 2.61 bits per heavy atom. The number of rotatable bonds is 8. The highest BCUT2D eigenvalue weighted by Crippen LogP contribution is 2.27. The molecule has 3 rings (SSSR count). The summed E-state index contributed by atoms with van der Waals surface area (Å²) in [6, 6.07) is 13.4. The average Bonchev–Trinajstić information content (AvgIpc) is 2.69. The average molecular weight is 386 g/mol. The van der Waals surface area contributed by atoms with Crippen molar-refractivity contribution in [3.8, 4) is 11.5 Å². The maximum atomic E-state index is 10.3. The number of anilines is 2. The van der Waals surface area contributed by atoms with Crippen LogP contribution in [0.3, 0.4) is 0 Å². The summed E-state index contributed by atoms with van der Waals surface area (Å²) in [5.41, 5.74) is 13.8. The van der Waals surface area contributed by atoms with Crippen LogP contribution in [-0.4, -0.2) is 49.0 Å². The van der Waals surface area contributed by atoms with Gasteiger partial charge in [-0.1, -0.05) is 18.2 Å². The molecule has 1 atom stereocenters. The first-order chi connectivity index (χ1) is 13.5. The van der Waals surface area contributed by atoms with Gasteiger partial charge in [0.2, 0.25) is 0 Å². The van der Waals surface area contributed by atoms with E-state index in [1.807, 2.05) is 12.1 Å². The van der Waals surface area contributed by atoms with E-state index in [-0.39, 0.29) is 6.61 Å². The largest absolute Gasteiger partial charge is 0.493 e. The molecule has 2 aromatic carbocycles. The van der Waals surface area contributed by atoms with E-state index in [0.29, 0.717) is 29.6 Å². The number of nitrogens with zero attached hydrogens (tertiary/aromatic N) is 1. The predicted octanol–water partition coefficient (Wildman–Crippen LogP) is 2.69. The molecule has 0 radical (unpaired) electrons. The zero-order chi connectivity index (χ0) is 19.9. The van der Waals surface area contributed by atoms with E-state index in [1.54, 1.807) is 18.2 Å². The van der Waals surface area contributed by atoms with Gasteiger partial charge in [0.1, 0.15) is 24.2 Å². The number of para-hydroxylation sites is 1. The normalized spacial score (nSPS) is 16.6. The van der Waals surface area contributed by atoms with Gasteiger partial charge in [0.25, 0.3) is 0 Å². The number of hydrogen-bond acceptors (Lipinski definition) is 6. The molecule has 1 fully saturated rings. The highest BCUT2D eigenvalue weighted by Gasteiger charge is 2.22. The summed E-state index contributed by atoms with van der Waals surface area (Å²) in [5, 5.41) is 10.3. The number of aliphatic hydroxyl groups is 1. The Hall–Kier alpha value is -2.44. The first-order valence-corrected chi connectivity index (χ1v) is 9.88. The highest BCUT2D eigenvalue weighted by molar-refractivity contribution is 5.70. The van der Waals surface area contributed by atoms with Crippen LogP contribution in [0.15, 0.2) is 42.5 Å². The molecule has 1 unspecified atom stereocenters. The van der Waals surface area contributed by atoms with E-state index in [2.05, 4.69) is 24.0 Å². The summed E-state index contributed by atoms with van der Waals surface area (Å²) in [5.74, 6) is 2.01. The van der Waals surface area contributed by atoms with Gasteiger partial charge in [-0.15, -0.1) is 0 Å². The van der Waals surface area contributed by atoms with Gasteiger partial charge in [-0.3, -0.25) is 0 Å². The molecule has 28 heavy (non-hydrogen) atoms. The lowest BCUT2D eigenvalue weighted by molar-refractivity contribution is 0.0505. The molecular formula is C22H31N3O3. The Morgan fingerprint density at radius 2 is 1.86 bits per heavy atom. The first kappa shape index (κ1) is 20.3. The Morgan fingerprint density at radius 1 is 1.11 bits per heavy atom. The van der Waals surface area contributed by atoms with Crippen molar-refractivity contribution in [1.82, 2.24) is 4.90 Å². The third kappa shape index (κ3) is 5.78. The highest BCUT2D eigenvalue weighted by atomic mass is 16.5. The fourth-order valence-corrected chi connectivity index (χ4v) is 3.48. The zero-order valence-electron chi connectivity index (χ0n) is 16.5. The molecule has 6 nitrogen and oxygen atoms in total. The van der Waals surface area contributed by atoms with E-state index in [0.717, 1.165) is 38.3 Å². The van der Waals surface area contributed by atoms with Gasteiger partial charge < -0.3 is 30.9 Å². The van der Waals surface area contributed by atoms with Crippen molar-refractivity contribution in [2.24, 2.45) is 5.92 Å². The number of nitrogens with two attached hydrogens (primary N) is 2. The second-order valence-electron chi connectivity index (χ2n) is 7.60. The molecule has 0 bridgehead atoms.